The summed E-state index contributed by atoms with van der Waals surface area (Å²) in [4.78, 5) is 21.4. The zero-order valence-electron chi connectivity index (χ0n) is 8.69. The molecule has 0 saturated carbocycles. The Kier molecular flexibility index (Phi) is 5.43. The molecule has 0 aliphatic heterocycles. The van der Waals surface area contributed by atoms with Gasteiger partial charge in [-0.05, 0) is 0 Å². The summed E-state index contributed by atoms with van der Waals surface area (Å²) in [6, 6.07) is 0. The van der Waals surface area contributed by atoms with Gasteiger partial charge in [-0.25, -0.2) is 25.4 Å². The van der Waals surface area contributed by atoms with Crippen LogP contribution in [0.4, 0.5) is 0 Å². The summed E-state index contributed by atoms with van der Waals surface area (Å²) in [5.74, 6) is -3.92. The van der Waals surface area contributed by atoms with Gasteiger partial charge in [-0.3, -0.25) is 9.35 Å². The molecule has 7 nitrogen and oxygen atoms in total. The van der Waals surface area contributed by atoms with Gasteiger partial charge in [0.25, 0.3) is 10.1 Å². The van der Waals surface area contributed by atoms with Gasteiger partial charge in [0.2, 0.25) is 5.97 Å². The fraction of sp³-hybridized carbons (Fsp3) is 0.125. The van der Waals surface area contributed by atoms with E-state index in [0.29, 0.717) is 0 Å². The van der Waals surface area contributed by atoms with Crippen LogP contribution in [0, 0.1) is 5.92 Å². The predicted molar refractivity (Wildman–Crippen MR) is 51.1 cm³/mol. The van der Waals surface area contributed by atoms with E-state index in [4.69, 9.17) is 14.8 Å². The fourth-order valence-electron chi connectivity index (χ4n) is 1.29. The average Bonchev–Trinajstić information content (AvgIpc) is 2.15. The Morgan fingerprint density at radius 1 is 1.29 bits per heavy atom. The number of carbonyl (C=O) groups is 2. The summed E-state index contributed by atoms with van der Waals surface area (Å²) in [5, 5.41) is 15.3. The quantitative estimate of drug-likeness (QED) is 0.275. The van der Waals surface area contributed by atoms with Crippen LogP contribution >= 0.6 is 0 Å². The molecule has 88 valence electrons. The molecule has 0 heterocycles. The molecule has 0 aromatic rings. The Balaban J connectivity index is 0.00000256. The topological polar surface area (TPSA) is 129 Å². The second kappa shape index (κ2) is 5.69. The van der Waals surface area contributed by atoms with E-state index in [9.17, 15) is 18.0 Å². The third-order valence-corrected chi connectivity index (χ3v) is 3.01. The van der Waals surface area contributed by atoms with Crippen LogP contribution in [0.25, 0.3) is 0 Å². The van der Waals surface area contributed by atoms with Crippen LogP contribution in [0.2, 0.25) is 0 Å². The molecule has 17 heavy (non-hydrogen) atoms. The molecular weight excluding hydrogens is 263 g/mol. The van der Waals surface area contributed by atoms with Crippen LogP contribution in [-0.4, -0.2) is 40.4 Å². The third kappa shape index (κ3) is 3.58. The summed E-state index contributed by atoms with van der Waals surface area (Å²) in [5.41, 5.74) is -0.706. The molecule has 0 bridgehead atoms. The summed E-state index contributed by atoms with van der Waals surface area (Å²) in [6.07, 6.45) is 2.94. The van der Waals surface area contributed by atoms with E-state index >= 15 is 0 Å². The number of carboxylic acids is 2. The second-order valence-corrected chi connectivity index (χ2v) is 4.44. The fourth-order valence-corrected chi connectivity index (χ4v) is 2.29. The zero-order valence-corrected chi connectivity index (χ0v) is 11.5. The Labute approximate surface area is 119 Å². The molecule has 9 heteroatoms. The van der Waals surface area contributed by atoms with E-state index in [-0.39, 0.29) is 29.6 Å². The van der Waals surface area contributed by atoms with Crippen molar-refractivity contribution in [3.05, 3.63) is 29.7 Å². The Morgan fingerprint density at radius 2 is 1.82 bits per heavy atom. The standard InChI is InChI=1S/C8H7O7S.Na/c9-7(10)4-2-1-3-5(8(11)12)6(4)16(13,14)15;/h1-3,6H,(H,9,10)(H,11,12)(H,13,14,15);/q-1;+1. The van der Waals surface area contributed by atoms with Gasteiger partial charge in [0, 0.05) is 5.57 Å². The summed E-state index contributed by atoms with van der Waals surface area (Å²) >= 11 is 0. The van der Waals surface area contributed by atoms with Crippen molar-refractivity contribution in [3.63, 3.8) is 0 Å². The van der Waals surface area contributed by atoms with E-state index < -0.39 is 38.8 Å². The maximum atomic E-state index is 10.9. The smallest absolute Gasteiger partial charge is 0.491 e. The van der Waals surface area contributed by atoms with E-state index in [1.54, 1.807) is 0 Å². The van der Waals surface area contributed by atoms with Gasteiger partial charge in [-0.15, -0.1) is 6.08 Å². The number of allylic oxidation sites excluding steroid dienone is 2. The maximum absolute atomic E-state index is 10.9. The van der Waals surface area contributed by atoms with Crippen molar-refractivity contribution in [1.82, 2.24) is 0 Å². The normalized spacial score (nSPS) is 19.2. The first-order valence-electron chi connectivity index (χ1n) is 3.93. The van der Waals surface area contributed by atoms with Gasteiger partial charge < -0.3 is 10.2 Å². The van der Waals surface area contributed by atoms with E-state index in [1.807, 2.05) is 0 Å². The van der Waals surface area contributed by atoms with Crippen molar-refractivity contribution in [2.45, 2.75) is 5.25 Å². The SMILES string of the molecule is O=C(O)C1=CC=C[C-](C(=O)O)C1S(=O)(=O)O.[Na+]. The van der Waals surface area contributed by atoms with Gasteiger partial charge in [0.1, 0.15) is 0 Å². The van der Waals surface area contributed by atoms with Crippen LogP contribution in [0.3, 0.4) is 0 Å². The molecule has 0 aromatic carbocycles. The predicted octanol–water partition coefficient (Wildman–Crippen LogP) is -3.51. The monoisotopic (exact) mass is 270 g/mol. The Bertz CT molecular complexity index is 490. The molecule has 1 aliphatic carbocycles. The largest absolute Gasteiger partial charge is 1.00 e. The number of hydrogen-bond acceptors (Lipinski definition) is 4. The second-order valence-electron chi connectivity index (χ2n) is 2.94. The zero-order chi connectivity index (χ0) is 12.5. The molecule has 1 unspecified atom stereocenters. The van der Waals surface area contributed by atoms with Crippen molar-refractivity contribution >= 4 is 22.1 Å². The molecular formula is C8H7NaO7S. The molecule has 0 saturated heterocycles. The van der Waals surface area contributed by atoms with Gasteiger partial charge in [0.05, 0.1) is 5.25 Å². The molecule has 0 amide bonds. The molecule has 3 N–H and O–H groups in total. The summed E-state index contributed by atoms with van der Waals surface area (Å²) in [7, 11) is -4.83. The molecule has 1 rings (SSSR count). The van der Waals surface area contributed by atoms with Crippen molar-refractivity contribution in [2.24, 2.45) is 0 Å². The first-order valence-corrected chi connectivity index (χ1v) is 5.43. The van der Waals surface area contributed by atoms with Gasteiger partial charge in [0.15, 0.2) is 0 Å². The molecule has 0 radical (unpaired) electrons. The Morgan fingerprint density at radius 3 is 2.18 bits per heavy atom. The first kappa shape index (κ1) is 16.2. The van der Waals surface area contributed by atoms with Crippen molar-refractivity contribution in [1.29, 1.82) is 0 Å². The van der Waals surface area contributed by atoms with E-state index in [2.05, 4.69) is 0 Å². The number of rotatable bonds is 3. The van der Waals surface area contributed by atoms with E-state index in [1.165, 1.54) is 0 Å². The van der Waals surface area contributed by atoms with Gasteiger partial charge >= 0.3 is 35.5 Å². The minimum atomic E-state index is -4.83. The molecule has 0 fully saturated rings. The van der Waals surface area contributed by atoms with Crippen LogP contribution in [0.15, 0.2) is 23.8 Å². The molecule has 0 aromatic heterocycles. The van der Waals surface area contributed by atoms with Crippen LogP contribution in [-0.2, 0) is 19.7 Å². The Hall–Kier alpha value is -0.800. The van der Waals surface area contributed by atoms with Crippen LogP contribution in [0.1, 0.15) is 0 Å². The maximum Gasteiger partial charge on any atom is 1.00 e. The van der Waals surface area contributed by atoms with Gasteiger partial charge in [-0.2, -0.15) is 0 Å². The minimum Gasteiger partial charge on any atom is -0.491 e. The molecule has 0 spiro atoms. The van der Waals surface area contributed by atoms with Crippen molar-refractivity contribution < 1.29 is 62.3 Å². The van der Waals surface area contributed by atoms with Crippen LogP contribution < -0.4 is 29.6 Å². The molecule has 1 atom stereocenters. The minimum absolute atomic E-state index is 0. The summed E-state index contributed by atoms with van der Waals surface area (Å²) in [6.45, 7) is 0. The molecule has 1 aliphatic rings. The van der Waals surface area contributed by atoms with Crippen LogP contribution in [0.5, 0.6) is 0 Å². The van der Waals surface area contributed by atoms with Gasteiger partial charge in [-0.1, -0.05) is 5.92 Å². The number of aliphatic carboxylic acids is 2. The van der Waals surface area contributed by atoms with Crippen molar-refractivity contribution in [2.75, 3.05) is 0 Å². The number of hydrogen-bond donors (Lipinski definition) is 3. The van der Waals surface area contributed by atoms with Crippen molar-refractivity contribution in [3.8, 4) is 0 Å². The average molecular weight is 270 g/mol. The third-order valence-electron chi connectivity index (χ3n) is 1.91. The number of carboxylic acid groups (broad SMARTS) is 2. The summed E-state index contributed by atoms with van der Waals surface area (Å²) < 4.78 is 30.7. The van der Waals surface area contributed by atoms with E-state index in [0.717, 1.165) is 18.2 Å². The first-order chi connectivity index (χ1) is 7.25.